The number of carbonyl (C=O) groups excluding carboxylic acids is 1. The smallest absolute Gasteiger partial charge is 0.227 e. The molecule has 0 saturated carbocycles. The highest BCUT2D eigenvalue weighted by Crippen LogP contribution is 2.32. The molecule has 1 aromatic rings. The van der Waals surface area contributed by atoms with Crippen LogP contribution in [0.1, 0.15) is 24.5 Å². The summed E-state index contributed by atoms with van der Waals surface area (Å²) in [5, 5.41) is 3.18. The third-order valence-corrected chi connectivity index (χ3v) is 3.87. The largest absolute Gasteiger partial charge is 0.319 e. The van der Waals surface area contributed by atoms with E-state index >= 15 is 0 Å². The molecular weight excluding hydrogens is 224 g/mol. The predicted octanol–water partition coefficient (Wildman–Crippen LogP) is 2.26. The summed E-state index contributed by atoms with van der Waals surface area (Å²) >= 11 is 0. The lowest BCUT2D eigenvalue weighted by Gasteiger charge is -2.26. The van der Waals surface area contributed by atoms with Gasteiger partial charge in [0.2, 0.25) is 5.91 Å². The second kappa shape index (κ2) is 5.11. The van der Waals surface area contributed by atoms with Gasteiger partial charge in [-0.1, -0.05) is 17.7 Å². The summed E-state index contributed by atoms with van der Waals surface area (Å²) in [5.74, 6) is 0.651. The van der Waals surface area contributed by atoms with Gasteiger partial charge in [-0.15, -0.1) is 0 Å². The molecule has 0 spiro atoms. The summed E-state index contributed by atoms with van der Waals surface area (Å²) in [5.41, 5.74) is 3.49. The van der Waals surface area contributed by atoms with Crippen LogP contribution in [0.3, 0.4) is 0 Å². The third kappa shape index (κ3) is 2.27. The molecule has 0 aliphatic carbocycles. The average molecular weight is 246 g/mol. The molecule has 3 nitrogen and oxygen atoms in total. The van der Waals surface area contributed by atoms with Gasteiger partial charge < -0.3 is 10.2 Å². The van der Waals surface area contributed by atoms with Gasteiger partial charge in [0.15, 0.2) is 0 Å². The summed E-state index contributed by atoms with van der Waals surface area (Å²) in [6.45, 7) is 7.20. The molecule has 0 radical (unpaired) electrons. The Labute approximate surface area is 109 Å². The molecule has 2 rings (SSSR count). The number of anilines is 1. The van der Waals surface area contributed by atoms with Crippen molar-refractivity contribution in [3.63, 3.8) is 0 Å². The fourth-order valence-electron chi connectivity index (χ4n) is 2.87. The van der Waals surface area contributed by atoms with Gasteiger partial charge in [-0.3, -0.25) is 4.79 Å². The minimum absolute atomic E-state index is 0.245. The van der Waals surface area contributed by atoms with Crippen molar-refractivity contribution in [2.45, 2.75) is 33.2 Å². The molecule has 2 unspecified atom stereocenters. The fourth-order valence-corrected chi connectivity index (χ4v) is 2.87. The number of aryl methyl sites for hydroxylation is 2. The molecule has 1 aromatic carbocycles. The average Bonchev–Trinajstić information content (AvgIpc) is 2.56. The Hall–Kier alpha value is -1.35. The number of amides is 1. The summed E-state index contributed by atoms with van der Waals surface area (Å²) in [6.07, 6.45) is 0.648. The SMILES string of the molecule is CNCC1CC(=O)N(c2ccc(C)cc2C)C1C. The van der Waals surface area contributed by atoms with E-state index in [0.717, 1.165) is 12.2 Å². The van der Waals surface area contributed by atoms with Crippen LogP contribution in [0, 0.1) is 19.8 Å². The number of carbonyl (C=O) groups is 1. The van der Waals surface area contributed by atoms with E-state index in [1.165, 1.54) is 11.1 Å². The molecule has 18 heavy (non-hydrogen) atoms. The normalized spacial score (nSPS) is 23.8. The molecule has 1 N–H and O–H groups in total. The minimum Gasteiger partial charge on any atom is -0.319 e. The van der Waals surface area contributed by atoms with Gasteiger partial charge in [-0.05, 0) is 39.4 Å². The molecule has 1 heterocycles. The molecule has 2 atom stereocenters. The zero-order valence-electron chi connectivity index (χ0n) is 11.7. The van der Waals surface area contributed by atoms with E-state index in [-0.39, 0.29) is 11.9 Å². The Balaban J connectivity index is 2.30. The Kier molecular flexibility index (Phi) is 3.71. The molecule has 1 amide bonds. The van der Waals surface area contributed by atoms with E-state index in [9.17, 15) is 4.79 Å². The molecule has 1 fully saturated rings. The van der Waals surface area contributed by atoms with Crippen LogP contribution in [0.2, 0.25) is 0 Å². The van der Waals surface area contributed by atoms with Crippen molar-refractivity contribution < 1.29 is 4.79 Å². The molecular formula is C15H22N2O. The molecule has 1 aliphatic rings. The minimum atomic E-state index is 0.245. The predicted molar refractivity (Wildman–Crippen MR) is 74.9 cm³/mol. The van der Waals surface area contributed by atoms with Crippen LogP contribution in [0.4, 0.5) is 5.69 Å². The van der Waals surface area contributed by atoms with Crippen LogP contribution in [0.15, 0.2) is 18.2 Å². The third-order valence-electron chi connectivity index (χ3n) is 3.87. The molecule has 3 heteroatoms. The fraction of sp³-hybridized carbons (Fsp3) is 0.533. The molecule has 1 aliphatic heterocycles. The van der Waals surface area contributed by atoms with E-state index in [1.807, 2.05) is 11.9 Å². The van der Waals surface area contributed by atoms with E-state index in [0.29, 0.717) is 12.3 Å². The first-order valence-corrected chi connectivity index (χ1v) is 6.58. The maximum Gasteiger partial charge on any atom is 0.227 e. The van der Waals surface area contributed by atoms with Crippen molar-refractivity contribution in [2.24, 2.45) is 5.92 Å². The van der Waals surface area contributed by atoms with Gasteiger partial charge in [-0.2, -0.15) is 0 Å². The van der Waals surface area contributed by atoms with Gasteiger partial charge in [0.25, 0.3) is 0 Å². The number of benzene rings is 1. The first-order valence-electron chi connectivity index (χ1n) is 6.58. The molecule has 98 valence electrons. The first kappa shape index (κ1) is 13.1. The number of rotatable bonds is 3. The molecule has 0 bridgehead atoms. The van der Waals surface area contributed by atoms with E-state index in [4.69, 9.17) is 0 Å². The Morgan fingerprint density at radius 3 is 2.72 bits per heavy atom. The summed E-state index contributed by atoms with van der Waals surface area (Å²) in [7, 11) is 1.94. The number of hydrogen-bond acceptors (Lipinski definition) is 2. The maximum atomic E-state index is 12.2. The van der Waals surface area contributed by atoms with Crippen LogP contribution < -0.4 is 10.2 Å². The van der Waals surface area contributed by atoms with Gasteiger partial charge in [0.1, 0.15) is 0 Å². The standard InChI is InChI=1S/C15H22N2O/c1-10-5-6-14(11(2)7-10)17-12(3)13(9-16-4)8-15(17)18/h5-7,12-13,16H,8-9H2,1-4H3. The van der Waals surface area contributed by atoms with Crippen LogP contribution >= 0.6 is 0 Å². The van der Waals surface area contributed by atoms with E-state index in [2.05, 4.69) is 44.3 Å². The van der Waals surface area contributed by atoms with Crippen molar-refractivity contribution in [3.8, 4) is 0 Å². The van der Waals surface area contributed by atoms with Crippen molar-refractivity contribution in [1.82, 2.24) is 5.32 Å². The number of nitrogens with one attached hydrogen (secondary N) is 1. The molecule has 0 aromatic heterocycles. The maximum absolute atomic E-state index is 12.2. The lowest BCUT2D eigenvalue weighted by atomic mass is 10.0. The summed E-state index contributed by atoms with van der Waals surface area (Å²) in [6, 6.07) is 6.56. The highest BCUT2D eigenvalue weighted by molar-refractivity contribution is 5.97. The van der Waals surface area contributed by atoms with E-state index < -0.39 is 0 Å². The Bertz CT molecular complexity index is 456. The first-order chi connectivity index (χ1) is 8.54. The lowest BCUT2D eigenvalue weighted by Crippen LogP contribution is -2.35. The Morgan fingerprint density at radius 2 is 2.11 bits per heavy atom. The van der Waals surface area contributed by atoms with Crippen molar-refractivity contribution in [1.29, 1.82) is 0 Å². The van der Waals surface area contributed by atoms with Crippen LogP contribution in [-0.4, -0.2) is 25.5 Å². The van der Waals surface area contributed by atoms with Gasteiger partial charge in [0.05, 0.1) is 0 Å². The topological polar surface area (TPSA) is 32.3 Å². The van der Waals surface area contributed by atoms with Crippen molar-refractivity contribution in [2.75, 3.05) is 18.5 Å². The van der Waals surface area contributed by atoms with Crippen LogP contribution in [0.25, 0.3) is 0 Å². The summed E-state index contributed by atoms with van der Waals surface area (Å²) in [4.78, 5) is 14.2. The zero-order chi connectivity index (χ0) is 13.3. The second-order valence-corrected chi connectivity index (χ2v) is 5.32. The van der Waals surface area contributed by atoms with Crippen molar-refractivity contribution in [3.05, 3.63) is 29.3 Å². The van der Waals surface area contributed by atoms with Gasteiger partial charge in [-0.25, -0.2) is 0 Å². The highest BCUT2D eigenvalue weighted by Gasteiger charge is 2.37. The van der Waals surface area contributed by atoms with Crippen LogP contribution in [-0.2, 0) is 4.79 Å². The second-order valence-electron chi connectivity index (χ2n) is 5.32. The highest BCUT2D eigenvalue weighted by atomic mass is 16.2. The van der Waals surface area contributed by atoms with Gasteiger partial charge in [0, 0.05) is 30.6 Å². The van der Waals surface area contributed by atoms with Crippen molar-refractivity contribution >= 4 is 11.6 Å². The summed E-state index contributed by atoms with van der Waals surface area (Å²) < 4.78 is 0. The monoisotopic (exact) mass is 246 g/mol. The zero-order valence-corrected chi connectivity index (χ0v) is 11.7. The van der Waals surface area contributed by atoms with Crippen LogP contribution in [0.5, 0.6) is 0 Å². The number of hydrogen-bond donors (Lipinski definition) is 1. The molecule has 1 saturated heterocycles. The lowest BCUT2D eigenvalue weighted by molar-refractivity contribution is -0.117. The Morgan fingerprint density at radius 1 is 1.39 bits per heavy atom. The van der Waals surface area contributed by atoms with Gasteiger partial charge >= 0.3 is 0 Å². The quantitative estimate of drug-likeness (QED) is 0.887. The number of nitrogens with zero attached hydrogens (tertiary/aromatic N) is 1. The van der Waals surface area contributed by atoms with E-state index in [1.54, 1.807) is 0 Å².